The van der Waals surface area contributed by atoms with Crippen molar-refractivity contribution in [2.45, 2.75) is 89.8 Å². The van der Waals surface area contributed by atoms with Crippen LogP contribution in [0, 0.1) is 23.2 Å². The van der Waals surface area contributed by atoms with Crippen LogP contribution in [0.4, 0.5) is 4.39 Å². The lowest BCUT2D eigenvalue weighted by atomic mass is 9.51. The molecule has 2 saturated carbocycles. The van der Waals surface area contributed by atoms with Gasteiger partial charge in [0.05, 0.1) is 12.7 Å². The molecule has 0 bridgehead atoms. The molecule has 3 aliphatic rings. The number of hydrogen-bond donors (Lipinski definition) is 2. The highest BCUT2D eigenvalue weighted by atomic mass is 19.1. The molecule has 0 radical (unpaired) electrons. The number of rotatable bonds is 10. The topological polar surface area (TPSA) is 70.0 Å². The minimum absolute atomic E-state index is 0.139. The third-order valence-corrected chi connectivity index (χ3v) is 9.50. The summed E-state index contributed by atoms with van der Waals surface area (Å²) in [5.41, 5.74) is 1.84. The fraction of sp³-hybridized carbons (Fsp3) is 0.759. The van der Waals surface area contributed by atoms with Crippen molar-refractivity contribution in [3.63, 3.8) is 0 Å². The van der Waals surface area contributed by atoms with Crippen molar-refractivity contribution >= 4 is 5.91 Å². The number of aromatic hydroxyl groups is 1. The van der Waals surface area contributed by atoms with Crippen molar-refractivity contribution in [2.24, 2.45) is 23.2 Å². The van der Waals surface area contributed by atoms with Gasteiger partial charge in [0.1, 0.15) is 11.9 Å². The molecule has 35 heavy (non-hydrogen) atoms. The van der Waals surface area contributed by atoms with Crippen molar-refractivity contribution in [3.8, 4) is 5.75 Å². The number of hydrogen-bond acceptors (Lipinski definition) is 4. The molecule has 7 atom stereocenters. The minimum atomic E-state index is -0.963. The number of unbranched alkanes of at least 4 members (excludes halogenated alkanes) is 2. The first-order valence-corrected chi connectivity index (χ1v) is 13.7. The predicted octanol–water partition coefficient (Wildman–Crippen LogP) is 5.23. The molecule has 3 aliphatic carbocycles. The van der Waals surface area contributed by atoms with Gasteiger partial charge in [0.15, 0.2) is 0 Å². The van der Waals surface area contributed by atoms with E-state index in [0.29, 0.717) is 37.8 Å². The largest absolute Gasteiger partial charge is 0.508 e. The van der Waals surface area contributed by atoms with Gasteiger partial charge in [0.25, 0.3) is 0 Å². The predicted molar refractivity (Wildman–Crippen MR) is 135 cm³/mol. The molecule has 4 rings (SSSR count). The molecule has 5 nitrogen and oxygen atoms in total. The molecule has 2 N–H and O–H groups in total. The third kappa shape index (κ3) is 5.24. The molecular formula is C29H44FNO4. The number of halogens is 1. The van der Waals surface area contributed by atoms with Gasteiger partial charge in [-0.25, -0.2) is 4.39 Å². The van der Waals surface area contributed by atoms with Crippen LogP contribution in [-0.2, 0) is 16.0 Å². The maximum absolute atomic E-state index is 15.9. The van der Waals surface area contributed by atoms with Crippen molar-refractivity contribution in [1.82, 2.24) is 4.90 Å². The van der Waals surface area contributed by atoms with Crippen molar-refractivity contribution in [1.29, 1.82) is 0 Å². The highest BCUT2D eigenvalue weighted by Gasteiger charge is 2.59. The number of ether oxygens (including phenoxy) is 1. The number of amides is 1. The van der Waals surface area contributed by atoms with Gasteiger partial charge in [-0.15, -0.1) is 0 Å². The summed E-state index contributed by atoms with van der Waals surface area (Å²) in [6.45, 7) is 5.95. The number of aliphatic hydroxyl groups is 1. The Balaban J connectivity index is 1.45. The molecule has 6 heteroatoms. The second kappa shape index (κ2) is 11.2. The molecule has 196 valence electrons. The molecule has 0 aromatic heterocycles. The molecule has 2 fully saturated rings. The van der Waals surface area contributed by atoms with E-state index in [2.05, 4.69) is 6.92 Å². The van der Waals surface area contributed by atoms with E-state index in [1.165, 1.54) is 0 Å². The number of benzene rings is 1. The Labute approximate surface area is 210 Å². The number of carbonyl (C=O) groups excluding carboxylic acids is 1. The summed E-state index contributed by atoms with van der Waals surface area (Å²) in [4.78, 5) is 14.1. The fourth-order valence-electron chi connectivity index (χ4n) is 7.71. The molecule has 6 unspecified atom stereocenters. The molecule has 1 amide bonds. The zero-order chi connectivity index (χ0) is 25.2. The van der Waals surface area contributed by atoms with Crippen LogP contribution in [0.2, 0.25) is 0 Å². The monoisotopic (exact) mass is 489 g/mol. The number of phenols is 1. The van der Waals surface area contributed by atoms with Crippen LogP contribution in [0.15, 0.2) is 18.2 Å². The highest BCUT2D eigenvalue weighted by Crippen LogP contribution is 2.63. The average molecular weight is 490 g/mol. The Kier molecular flexibility index (Phi) is 8.42. The minimum Gasteiger partial charge on any atom is -0.508 e. The van der Waals surface area contributed by atoms with E-state index in [1.807, 2.05) is 24.0 Å². The number of methoxy groups -OCH3 is 1. The van der Waals surface area contributed by atoms with Gasteiger partial charge < -0.3 is 19.8 Å². The van der Waals surface area contributed by atoms with Crippen LogP contribution in [0.25, 0.3) is 0 Å². The Morgan fingerprint density at radius 1 is 1.23 bits per heavy atom. The summed E-state index contributed by atoms with van der Waals surface area (Å²) in [5, 5.41) is 20.9. The first kappa shape index (κ1) is 26.4. The Bertz CT molecular complexity index is 878. The maximum atomic E-state index is 15.9. The van der Waals surface area contributed by atoms with E-state index in [0.717, 1.165) is 62.6 Å². The molecule has 1 aromatic rings. The zero-order valence-electron chi connectivity index (χ0n) is 21.7. The highest BCUT2D eigenvalue weighted by molar-refractivity contribution is 5.75. The van der Waals surface area contributed by atoms with Crippen LogP contribution < -0.4 is 0 Å². The lowest BCUT2D eigenvalue weighted by Crippen LogP contribution is -2.51. The fourth-order valence-corrected chi connectivity index (χ4v) is 7.71. The second-order valence-corrected chi connectivity index (χ2v) is 11.5. The molecule has 0 saturated heterocycles. The Morgan fingerprint density at radius 2 is 2.03 bits per heavy atom. The number of phenolic OH excluding ortho intramolecular Hbond substituents is 1. The van der Waals surface area contributed by atoms with Gasteiger partial charge in [0.2, 0.25) is 5.91 Å². The standard InChI is InChI=1S/C29H44FNO4/c1-4-26(34)31(14-15-35-3)13-7-5-6-8-19-16-20-17-21(32)9-10-22(20)28-24(30)18-29(2)23(27(19)28)11-12-25(29)33/h9-10,17,19,23-25,27-28,32-33H,4-8,11-16,18H2,1-3H3/t19?,23?,24?,25?,27?,28?,29-/m0/s1. The lowest BCUT2D eigenvalue weighted by molar-refractivity contribution is -0.131. The summed E-state index contributed by atoms with van der Waals surface area (Å²) in [5.74, 6) is 1.21. The van der Waals surface area contributed by atoms with Crippen molar-refractivity contribution in [3.05, 3.63) is 29.3 Å². The maximum Gasteiger partial charge on any atom is 0.222 e. The van der Waals surface area contributed by atoms with E-state index < -0.39 is 12.3 Å². The number of alkyl halides is 1. The van der Waals surface area contributed by atoms with Crippen LogP contribution in [-0.4, -0.2) is 60.1 Å². The van der Waals surface area contributed by atoms with Crippen LogP contribution in [0.5, 0.6) is 5.75 Å². The molecular weight excluding hydrogens is 445 g/mol. The third-order valence-electron chi connectivity index (χ3n) is 9.50. The quantitative estimate of drug-likeness (QED) is 0.442. The van der Waals surface area contributed by atoms with Gasteiger partial charge in [-0.3, -0.25) is 4.79 Å². The molecule has 1 aromatic carbocycles. The van der Waals surface area contributed by atoms with Crippen LogP contribution in [0.3, 0.4) is 0 Å². The van der Waals surface area contributed by atoms with Crippen LogP contribution in [0.1, 0.15) is 82.3 Å². The van der Waals surface area contributed by atoms with Crippen molar-refractivity contribution in [2.75, 3.05) is 26.8 Å². The SMILES string of the molecule is CCC(=O)N(CCCCCC1Cc2cc(O)ccc2C2C(F)C[C@]3(C)C(O)CCC3C12)CCOC. The first-order valence-electron chi connectivity index (χ1n) is 13.7. The normalized spacial score (nSPS) is 33.6. The van der Waals surface area contributed by atoms with E-state index in [4.69, 9.17) is 4.74 Å². The summed E-state index contributed by atoms with van der Waals surface area (Å²) in [7, 11) is 1.66. The zero-order valence-corrected chi connectivity index (χ0v) is 21.7. The van der Waals surface area contributed by atoms with Crippen LogP contribution >= 0.6 is 0 Å². The van der Waals surface area contributed by atoms with E-state index in [9.17, 15) is 15.0 Å². The van der Waals surface area contributed by atoms with E-state index in [-0.39, 0.29) is 28.9 Å². The smallest absolute Gasteiger partial charge is 0.222 e. The van der Waals surface area contributed by atoms with Gasteiger partial charge >= 0.3 is 0 Å². The van der Waals surface area contributed by atoms with Gasteiger partial charge in [0, 0.05) is 32.5 Å². The summed E-state index contributed by atoms with van der Waals surface area (Å²) in [6, 6.07) is 5.48. The Hall–Kier alpha value is -1.66. The number of nitrogens with zero attached hydrogens (tertiary/aromatic N) is 1. The summed E-state index contributed by atoms with van der Waals surface area (Å²) >= 11 is 0. The number of carbonyl (C=O) groups is 1. The second-order valence-electron chi connectivity index (χ2n) is 11.5. The van der Waals surface area contributed by atoms with Crippen molar-refractivity contribution < 1.29 is 24.1 Å². The van der Waals surface area contributed by atoms with Gasteiger partial charge in [-0.2, -0.15) is 0 Å². The first-order chi connectivity index (χ1) is 16.8. The molecule has 0 aliphatic heterocycles. The summed E-state index contributed by atoms with van der Waals surface area (Å²) in [6.07, 6.45) is 6.23. The number of fused-ring (bicyclic) bond motifs is 5. The van der Waals surface area contributed by atoms with Gasteiger partial charge in [-0.1, -0.05) is 32.8 Å². The Morgan fingerprint density at radius 3 is 2.77 bits per heavy atom. The lowest BCUT2D eigenvalue weighted by Gasteiger charge is -2.54. The van der Waals surface area contributed by atoms with Gasteiger partial charge in [-0.05, 0) is 85.0 Å². The number of aliphatic hydroxyl groups excluding tert-OH is 1. The summed E-state index contributed by atoms with van der Waals surface area (Å²) < 4.78 is 21.0. The molecule has 0 heterocycles. The molecule has 0 spiro atoms. The van der Waals surface area contributed by atoms with E-state index in [1.54, 1.807) is 13.2 Å². The average Bonchev–Trinajstić information content (AvgIpc) is 3.13. The van der Waals surface area contributed by atoms with E-state index >= 15 is 4.39 Å².